The van der Waals surface area contributed by atoms with E-state index in [0.29, 0.717) is 28.9 Å². The Morgan fingerprint density at radius 1 is 1.22 bits per heavy atom. The number of alkyl halides is 3. The molecule has 0 atom stereocenters. The Balaban J connectivity index is 2.51. The Morgan fingerprint density at radius 2 is 1.87 bits per heavy atom. The summed E-state index contributed by atoms with van der Waals surface area (Å²) in [7, 11) is 0. The maximum atomic E-state index is 12.3. The molecule has 1 rings (SSSR count). The van der Waals surface area contributed by atoms with E-state index >= 15 is 0 Å². The van der Waals surface area contributed by atoms with Crippen LogP contribution in [0.1, 0.15) is 13.8 Å². The number of amides is 2. The van der Waals surface area contributed by atoms with Gasteiger partial charge in [0, 0.05) is 18.0 Å². The normalized spacial score (nSPS) is 11.6. The quantitative estimate of drug-likeness (QED) is 0.702. The molecule has 0 radical (unpaired) electrons. The number of nitrogens with one attached hydrogen (secondary N) is 2. The number of carbonyl (C=O) groups excluding carboxylic acids is 1. The van der Waals surface area contributed by atoms with Crippen molar-refractivity contribution in [3.8, 4) is 0 Å². The number of thioether (sulfide) groups is 1. The second-order valence-electron chi connectivity index (χ2n) is 4.81. The Morgan fingerprint density at radius 3 is 2.48 bits per heavy atom. The van der Waals surface area contributed by atoms with Crippen molar-refractivity contribution in [1.82, 2.24) is 10.2 Å². The van der Waals surface area contributed by atoms with Crippen molar-refractivity contribution in [3.05, 3.63) is 24.3 Å². The fourth-order valence-corrected chi connectivity index (χ4v) is 2.66. The fourth-order valence-electron chi connectivity index (χ4n) is 1.89. The van der Waals surface area contributed by atoms with E-state index in [1.54, 1.807) is 24.3 Å². The number of anilines is 1. The number of benzene rings is 1. The first kappa shape index (κ1) is 19.6. The molecule has 0 fully saturated rings. The van der Waals surface area contributed by atoms with Crippen molar-refractivity contribution in [3.63, 3.8) is 0 Å². The average Bonchev–Trinajstić information content (AvgIpc) is 2.50. The lowest BCUT2D eigenvalue weighted by molar-refractivity contribution is -0.105. The minimum Gasteiger partial charge on any atom is -0.337 e. The number of urea groups is 1. The summed E-state index contributed by atoms with van der Waals surface area (Å²) in [6, 6.07) is 6.04. The fraction of sp³-hybridized carbons (Fsp3) is 0.533. The van der Waals surface area contributed by atoms with Crippen molar-refractivity contribution >= 4 is 23.5 Å². The maximum Gasteiger partial charge on any atom is 0.398 e. The summed E-state index contributed by atoms with van der Waals surface area (Å²) < 4.78 is 37.0. The number of carbonyl (C=O) groups is 1. The van der Waals surface area contributed by atoms with Crippen LogP contribution in [0.2, 0.25) is 0 Å². The van der Waals surface area contributed by atoms with Crippen LogP contribution in [0.5, 0.6) is 0 Å². The van der Waals surface area contributed by atoms with Gasteiger partial charge in [0.2, 0.25) is 0 Å². The van der Waals surface area contributed by atoms with E-state index in [2.05, 4.69) is 15.5 Å². The number of halogens is 3. The summed E-state index contributed by atoms with van der Waals surface area (Å²) in [6.45, 7) is 7.08. The van der Waals surface area contributed by atoms with Crippen molar-refractivity contribution < 1.29 is 18.0 Å². The van der Waals surface area contributed by atoms with Crippen molar-refractivity contribution in [2.75, 3.05) is 37.2 Å². The van der Waals surface area contributed by atoms with Gasteiger partial charge in [-0.15, -0.1) is 11.8 Å². The molecule has 130 valence electrons. The highest BCUT2D eigenvalue weighted by Crippen LogP contribution is 2.31. The van der Waals surface area contributed by atoms with Crippen molar-refractivity contribution in [1.29, 1.82) is 0 Å². The number of nitrogens with zero attached hydrogens (tertiary/aromatic N) is 1. The zero-order chi connectivity index (χ0) is 17.3. The van der Waals surface area contributed by atoms with Gasteiger partial charge in [0.1, 0.15) is 0 Å². The summed E-state index contributed by atoms with van der Waals surface area (Å²) in [5.74, 6) is -0.991. The molecule has 0 unspecified atom stereocenters. The van der Waals surface area contributed by atoms with E-state index in [1.165, 1.54) is 0 Å². The van der Waals surface area contributed by atoms with Crippen LogP contribution >= 0.6 is 11.8 Å². The third kappa shape index (κ3) is 8.13. The minimum absolute atomic E-state index is 0.377. The molecule has 1 aromatic carbocycles. The molecule has 1 aromatic rings. The van der Waals surface area contributed by atoms with Gasteiger partial charge < -0.3 is 15.5 Å². The van der Waals surface area contributed by atoms with Crippen LogP contribution in [0.25, 0.3) is 0 Å². The van der Waals surface area contributed by atoms with Gasteiger partial charge >= 0.3 is 12.2 Å². The molecule has 23 heavy (non-hydrogen) atoms. The molecule has 0 aliphatic rings. The lowest BCUT2D eigenvalue weighted by Gasteiger charge is -2.18. The number of likely N-dealkylation sites (N-methyl/N-ethyl adjacent to an activating group) is 1. The van der Waals surface area contributed by atoms with Gasteiger partial charge in [-0.1, -0.05) is 26.0 Å². The molecule has 0 aromatic heterocycles. The molecule has 0 saturated heterocycles. The van der Waals surface area contributed by atoms with Crippen LogP contribution in [-0.2, 0) is 0 Å². The van der Waals surface area contributed by atoms with Crippen molar-refractivity contribution in [2.45, 2.75) is 24.9 Å². The van der Waals surface area contributed by atoms with E-state index in [4.69, 9.17) is 0 Å². The molecule has 4 nitrogen and oxygen atoms in total. The Kier molecular flexibility index (Phi) is 8.25. The summed E-state index contributed by atoms with van der Waals surface area (Å²) in [5, 5.41) is 5.31. The zero-order valence-electron chi connectivity index (χ0n) is 13.2. The van der Waals surface area contributed by atoms with Gasteiger partial charge in [-0.2, -0.15) is 13.2 Å². The molecule has 8 heteroatoms. The maximum absolute atomic E-state index is 12.3. The second-order valence-corrected chi connectivity index (χ2v) is 5.82. The molecule has 2 amide bonds. The number of hydrogen-bond donors (Lipinski definition) is 2. The highest BCUT2D eigenvalue weighted by molar-refractivity contribution is 7.99. The number of rotatable bonds is 8. The largest absolute Gasteiger partial charge is 0.398 e. The molecule has 0 spiro atoms. The summed E-state index contributed by atoms with van der Waals surface area (Å²) in [4.78, 5) is 14.4. The molecule has 0 bridgehead atoms. The smallest absolute Gasteiger partial charge is 0.337 e. The van der Waals surface area contributed by atoms with E-state index in [1.807, 2.05) is 13.8 Å². The number of hydrogen-bond acceptors (Lipinski definition) is 3. The third-order valence-corrected chi connectivity index (χ3v) is 4.27. The van der Waals surface area contributed by atoms with Gasteiger partial charge in [-0.05, 0) is 25.2 Å². The Labute approximate surface area is 138 Å². The third-order valence-electron chi connectivity index (χ3n) is 3.13. The number of para-hydroxylation sites is 1. The van der Waals surface area contributed by atoms with Gasteiger partial charge in [-0.3, -0.25) is 0 Å². The molecule has 0 heterocycles. The first-order chi connectivity index (χ1) is 10.9. The van der Waals surface area contributed by atoms with Crippen LogP contribution in [-0.4, -0.2) is 49.0 Å². The summed E-state index contributed by atoms with van der Waals surface area (Å²) >= 11 is 0.656. The topological polar surface area (TPSA) is 44.4 Å². The predicted octanol–water partition coefficient (Wildman–Crippen LogP) is 3.80. The molecule has 0 aliphatic carbocycles. The summed E-state index contributed by atoms with van der Waals surface area (Å²) in [6.07, 6.45) is -4.25. The van der Waals surface area contributed by atoms with E-state index in [0.717, 1.165) is 19.6 Å². The standard InChI is InChI=1S/C15H22F3N3OS/c1-3-21(4-2)10-9-19-14(22)20-12-7-5-6-8-13(12)23-11-15(16,17)18/h5-8H,3-4,9-11H2,1-2H3,(H2,19,20,22). The van der Waals surface area contributed by atoms with Gasteiger partial charge in [-0.25, -0.2) is 4.79 Å². The average molecular weight is 349 g/mol. The SMILES string of the molecule is CCN(CC)CCNC(=O)Nc1ccccc1SCC(F)(F)F. The predicted molar refractivity (Wildman–Crippen MR) is 88.0 cm³/mol. The first-order valence-corrected chi connectivity index (χ1v) is 8.40. The zero-order valence-corrected chi connectivity index (χ0v) is 14.1. The van der Waals surface area contributed by atoms with Crippen LogP contribution in [0.3, 0.4) is 0 Å². The molecular weight excluding hydrogens is 327 g/mol. The van der Waals surface area contributed by atoms with Gasteiger partial charge in [0.05, 0.1) is 11.4 Å². The first-order valence-electron chi connectivity index (χ1n) is 7.41. The molecule has 2 N–H and O–H groups in total. The second kappa shape index (κ2) is 9.67. The van der Waals surface area contributed by atoms with Crippen molar-refractivity contribution in [2.24, 2.45) is 0 Å². The molecule has 0 aliphatic heterocycles. The summed E-state index contributed by atoms with van der Waals surface area (Å²) in [5.41, 5.74) is 0.377. The molecule has 0 saturated carbocycles. The van der Waals surface area contributed by atoms with E-state index in [-0.39, 0.29) is 0 Å². The van der Waals surface area contributed by atoms with Crippen LogP contribution < -0.4 is 10.6 Å². The highest BCUT2D eigenvalue weighted by atomic mass is 32.2. The van der Waals surface area contributed by atoms with Crippen LogP contribution in [0.15, 0.2) is 29.2 Å². The van der Waals surface area contributed by atoms with Crippen LogP contribution in [0.4, 0.5) is 23.7 Å². The van der Waals surface area contributed by atoms with Crippen LogP contribution in [0, 0.1) is 0 Å². The Hall–Kier alpha value is -1.41. The monoisotopic (exact) mass is 349 g/mol. The minimum atomic E-state index is -4.25. The lowest BCUT2D eigenvalue weighted by Crippen LogP contribution is -2.37. The van der Waals surface area contributed by atoms with Gasteiger partial charge in [0.25, 0.3) is 0 Å². The Bertz CT molecular complexity index is 493. The lowest BCUT2D eigenvalue weighted by atomic mass is 10.3. The van der Waals surface area contributed by atoms with E-state index in [9.17, 15) is 18.0 Å². The van der Waals surface area contributed by atoms with Gasteiger partial charge in [0.15, 0.2) is 0 Å². The van der Waals surface area contributed by atoms with E-state index < -0.39 is 18.0 Å². The molecular formula is C15H22F3N3OS. The highest BCUT2D eigenvalue weighted by Gasteiger charge is 2.27.